The van der Waals surface area contributed by atoms with Crippen molar-refractivity contribution in [1.82, 2.24) is 0 Å². The lowest BCUT2D eigenvalue weighted by Gasteiger charge is -1.92. The summed E-state index contributed by atoms with van der Waals surface area (Å²) >= 11 is 3.40. The molecule has 0 amide bonds. The Kier molecular flexibility index (Phi) is 4.09. The minimum absolute atomic E-state index is 1.13. The maximum atomic E-state index is 3.40. The zero-order valence-electron chi connectivity index (χ0n) is 7.26. The highest BCUT2D eigenvalue weighted by atomic mass is 79.9. The zero-order chi connectivity index (χ0) is 8.81. The fourth-order valence-corrected chi connectivity index (χ4v) is 1.22. The summed E-state index contributed by atoms with van der Waals surface area (Å²) in [4.78, 5) is 0. The number of allylic oxidation sites excluding steroid dienone is 1. The van der Waals surface area contributed by atoms with E-state index >= 15 is 0 Å². The zero-order valence-corrected chi connectivity index (χ0v) is 8.84. The fourth-order valence-electron chi connectivity index (χ4n) is 0.960. The first-order valence-corrected chi connectivity index (χ1v) is 5.04. The molecule has 1 rings (SSSR count). The van der Waals surface area contributed by atoms with E-state index in [0.717, 1.165) is 10.9 Å². The maximum Gasteiger partial charge on any atom is 0.0175 e. The molecule has 0 aliphatic heterocycles. The van der Waals surface area contributed by atoms with Crippen LogP contribution in [-0.4, -0.2) is 0 Å². The third-order valence-corrected chi connectivity index (χ3v) is 2.16. The van der Waals surface area contributed by atoms with E-state index in [1.54, 1.807) is 0 Å². The van der Waals surface area contributed by atoms with E-state index in [-0.39, 0.29) is 0 Å². The molecule has 0 N–H and O–H groups in total. The quantitative estimate of drug-likeness (QED) is 0.720. The van der Waals surface area contributed by atoms with Crippen molar-refractivity contribution in [3.8, 4) is 0 Å². The molecule has 1 heteroatoms. The average molecular weight is 225 g/mol. The van der Waals surface area contributed by atoms with Crippen LogP contribution in [-0.2, 0) is 0 Å². The molecule has 0 saturated heterocycles. The summed E-state index contributed by atoms with van der Waals surface area (Å²) in [6.07, 6.45) is 6.75. The van der Waals surface area contributed by atoms with E-state index in [9.17, 15) is 0 Å². The minimum atomic E-state index is 1.13. The van der Waals surface area contributed by atoms with Gasteiger partial charge in [-0.25, -0.2) is 0 Å². The van der Waals surface area contributed by atoms with Gasteiger partial charge in [0.2, 0.25) is 0 Å². The first kappa shape index (κ1) is 9.53. The number of hydrogen-bond donors (Lipinski definition) is 0. The molecule has 0 bridgehead atoms. The van der Waals surface area contributed by atoms with Crippen LogP contribution in [0.3, 0.4) is 0 Å². The molecule has 1 aromatic carbocycles. The van der Waals surface area contributed by atoms with Crippen molar-refractivity contribution in [2.45, 2.75) is 19.8 Å². The first-order valence-electron chi connectivity index (χ1n) is 4.25. The summed E-state index contributed by atoms with van der Waals surface area (Å²) in [5.41, 5.74) is 1.27. The monoisotopic (exact) mass is 224 g/mol. The molecule has 0 heterocycles. The number of halogens is 1. The lowest BCUT2D eigenvalue weighted by molar-refractivity contribution is 0.962. The standard InChI is InChI=1S/C11H13Br/c1-2-3-4-5-10-6-8-11(12)9-7-10/h4-9H,2-3H2,1H3/b5-4-. The average Bonchev–Trinajstić information content (AvgIpc) is 2.09. The summed E-state index contributed by atoms with van der Waals surface area (Å²) < 4.78 is 1.13. The molecule has 0 atom stereocenters. The van der Waals surface area contributed by atoms with Gasteiger partial charge in [-0.15, -0.1) is 0 Å². The van der Waals surface area contributed by atoms with Gasteiger partial charge in [-0.2, -0.15) is 0 Å². The van der Waals surface area contributed by atoms with Gasteiger partial charge < -0.3 is 0 Å². The van der Waals surface area contributed by atoms with Crippen molar-refractivity contribution in [2.75, 3.05) is 0 Å². The van der Waals surface area contributed by atoms with Crippen molar-refractivity contribution in [1.29, 1.82) is 0 Å². The largest absolute Gasteiger partial charge is 0.0840 e. The Morgan fingerprint density at radius 1 is 1.25 bits per heavy atom. The fraction of sp³-hybridized carbons (Fsp3) is 0.273. The molecule has 0 aliphatic carbocycles. The van der Waals surface area contributed by atoms with E-state index in [4.69, 9.17) is 0 Å². The predicted octanol–water partition coefficient (Wildman–Crippen LogP) is 4.26. The van der Waals surface area contributed by atoms with Gasteiger partial charge in [0.15, 0.2) is 0 Å². The molecule has 64 valence electrons. The van der Waals surface area contributed by atoms with E-state index in [1.165, 1.54) is 12.0 Å². The molecule has 0 aromatic heterocycles. The van der Waals surface area contributed by atoms with Gasteiger partial charge in [-0.1, -0.05) is 53.6 Å². The van der Waals surface area contributed by atoms with Crippen LogP contribution in [0.2, 0.25) is 0 Å². The highest BCUT2D eigenvalue weighted by Crippen LogP contribution is 2.11. The van der Waals surface area contributed by atoms with Gasteiger partial charge in [0.1, 0.15) is 0 Å². The smallest absolute Gasteiger partial charge is 0.0175 e. The molecular formula is C11H13Br. The highest BCUT2D eigenvalue weighted by molar-refractivity contribution is 9.10. The molecule has 0 spiro atoms. The van der Waals surface area contributed by atoms with Crippen LogP contribution >= 0.6 is 15.9 Å². The SMILES string of the molecule is CCC/C=C\c1ccc(Br)cc1. The molecule has 0 aliphatic rings. The Morgan fingerprint density at radius 2 is 1.92 bits per heavy atom. The van der Waals surface area contributed by atoms with Crippen LogP contribution in [0.5, 0.6) is 0 Å². The van der Waals surface area contributed by atoms with Crippen LogP contribution in [0, 0.1) is 0 Å². The highest BCUT2D eigenvalue weighted by Gasteiger charge is 1.85. The van der Waals surface area contributed by atoms with Crippen LogP contribution in [0.15, 0.2) is 34.8 Å². The van der Waals surface area contributed by atoms with Gasteiger partial charge >= 0.3 is 0 Å². The van der Waals surface area contributed by atoms with Crippen LogP contribution < -0.4 is 0 Å². The Hall–Kier alpha value is -0.560. The van der Waals surface area contributed by atoms with Crippen molar-refractivity contribution >= 4 is 22.0 Å². The minimum Gasteiger partial charge on any atom is -0.0840 e. The maximum absolute atomic E-state index is 3.40. The van der Waals surface area contributed by atoms with Crippen molar-refractivity contribution < 1.29 is 0 Å². The van der Waals surface area contributed by atoms with Crippen molar-refractivity contribution in [3.05, 3.63) is 40.4 Å². The lowest BCUT2D eigenvalue weighted by atomic mass is 10.2. The van der Waals surface area contributed by atoms with Gasteiger partial charge in [0.25, 0.3) is 0 Å². The molecule has 0 saturated carbocycles. The van der Waals surface area contributed by atoms with Gasteiger partial charge in [0, 0.05) is 4.47 Å². The van der Waals surface area contributed by atoms with E-state index in [0.29, 0.717) is 0 Å². The summed E-state index contributed by atoms with van der Waals surface area (Å²) in [6, 6.07) is 8.34. The Balaban J connectivity index is 2.58. The third kappa shape index (κ3) is 3.22. The predicted molar refractivity (Wildman–Crippen MR) is 58.1 cm³/mol. The number of hydrogen-bond acceptors (Lipinski definition) is 0. The summed E-state index contributed by atoms with van der Waals surface area (Å²) in [6.45, 7) is 2.19. The summed E-state index contributed by atoms with van der Waals surface area (Å²) in [5, 5.41) is 0. The normalized spacial score (nSPS) is 10.8. The Labute approximate surface area is 82.4 Å². The van der Waals surface area contributed by atoms with E-state index in [1.807, 2.05) is 0 Å². The number of rotatable bonds is 3. The second-order valence-electron chi connectivity index (χ2n) is 2.74. The van der Waals surface area contributed by atoms with Crippen LogP contribution in [0.1, 0.15) is 25.3 Å². The third-order valence-electron chi connectivity index (χ3n) is 1.64. The van der Waals surface area contributed by atoms with Gasteiger partial charge in [-0.3, -0.25) is 0 Å². The van der Waals surface area contributed by atoms with Gasteiger partial charge in [-0.05, 0) is 24.1 Å². The topological polar surface area (TPSA) is 0 Å². The second-order valence-corrected chi connectivity index (χ2v) is 3.66. The lowest BCUT2D eigenvalue weighted by Crippen LogP contribution is -1.70. The van der Waals surface area contributed by atoms with Crippen LogP contribution in [0.25, 0.3) is 6.08 Å². The Bertz CT molecular complexity index is 246. The van der Waals surface area contributed by atoms with E-state index in [2.05, 4.69) is 59.3 Å². The van der Waals surface area contributed by atoms with Crippen molar-refractivity contribution in [3.63, 3.8) is 0 Å². The first-order chi connectivity index (χ1) is 5.83. The molecule has 12 heavy (non-hydrogen) atoms. The molecule has 0 unspecified atom stereocenters. The molecule has 0 radical (unpaired) electrons. The van der Waals surface area contributed by atoms with Crippen molar-refractivity contribution in [2.24, 2.45) is 0 Å². The molecular weight excluding hydrogens is 212 g/mol. The molecule has 1 aromatic rings. The number of benzene rings is 1. The van der Waals surface area contributed by atoms with Crippen LogP contribution in [0.4, 0.5) is 0 Å². The van der Waals surface area contributed by atoms with Gasteiger partial charge in [0.05, 0.1) is 0 Å². The Morgan fingerprint density at radius 3 is 2.50 bits per heavy atom. The second kappa shape index (κ2) is 5.15. The van der Waals surface area contributed by atoms with E-state index < -0.39 is 0 Å². The summed E-state index contributed by atoms with van der Waals surface area (Å²) in [7, 11) is 0. The molecule has 0 fully saturated rings. The molecule has 0 nitrogen and oxygen atoms in total. The number of unbranched alkanes of at least 4 members (excludes halogenated alkanes) is 1. The summed E-state index contributed by atoms with van der Waals surface area (Å²) in [5.74, 6) is 0.